The minimum atomic E-state index is -0.151. The average molecular weight is 539 g/mol. The van der Waals surface area contributed by atoms with Crippen molar-refractivity contribution in [1.82, 2.24) is 19.4 Å². The summed E-state index contributed by atoms with van der Waals surface area (Å²) in [4.78, 5) is 36.3. The van der Waals surface area contributed by atoms with Crippen LogP contribution in [-0.2, 0) is 6.42 Å². The summed E-state index contributed by atoms with van der Waals surface area (Å²) in [5, 5.41) is 0.570. The van der Waals surface area contributed by atoms with E-state index in [-0.39, 0.29) is 17.5 Å². The maximum absolute atomic E-state index is 13.9. The number of amides is 1. The van der Waals surface area contributed by atoms with E-state index in [4.69, 9.17) is 9.72 Å². The highest BCUT2D eigenvalue weighted by Gasteiger charge is 2.29. The lowest BCUT2D eigenvalue weighted by molar-refractivity contribution is 0.0573. The number of ether oxygens (including phenoxy) is 1. The summed E-state index contributed by atoms with van der Waals surface area (Å²) in [5.74, 6) is 1.38. The van der Waals surface area contributed by atoms with Crippen molar-refractivity contribution in [1.29, 1.82) is 0 Å². The van der Waals surface area contributed by atoms with E-state index in [2.05, 4.69) is 30.9 Å². The van der Waals surface area contributed by atoms with Crippen LogP contribution in [0.4, 0.5) is 0 Å². The fourth-order valence-corrected chi connectivity index (χ4v) is 5.44. The number of fused-ring (bicyclic) bond motifs is 1. The monoisotopic (exact) mass is 538 g/mol. The Morgan fingerprint density at radius 1 is 0.925 bits per heavy atom. The van der Waals surface area contributed by atoms with Gasteiger partial charge in [-0.15, -0.1) is 0 Å². The Balaban J connectivity index is 1.39. The van der Waals surface area contributed by atoms with Gasteiger partial charge >= 0.3 is 0 Å². The summed E-state index contributed by atoms with van der Waals surface area (Å²) in [6, 6.07) is 23.0. The summed E-state index contributed by atoms with van der Waals surface area (Å²) in [7, 11) is 0. The number of piperazine rings is 1. The molecular weight excluding hydrogens is 500 g/mol. The van der Waals surface area contributed by atoms with Gasteiger partial charge in [0.1, 0.15) is 11.6 Å². The Morgan fingerprint density at radius 3 is 2.35 bits per heavy atom. The number of carbonyl (C=O) groups is 1. The van der Waals surface area contributed by atoms with Crippen molar-refractivity contribution in [2.24, 2.45) is 0 Å². The zero-order chi connectivity index (χ0) is 28.1. The van der Waals surface area contributed by atoms with E-state index >= 15 is 0 Å². The third kappa shape index (κ3) is 5.65. The summed E-state index contributed by atoms with van der Waals surface area (Å²) in [5.41, 5.74) is 3.26. The molecule has 0 saturated carbocycles. The van der Waals surface area contributed by atoms with Gasteiger partial charge in [0.15, 0.2) is 0 Å². The van der Waals surface area contributed by atoms with E-state index in [1.54, 1.807) is 4.57 Å². The molecule has 40 heavy (non-hydrogen) atoms. The van der Waals surface area contributed by atoms with Crippen LogP contribution in [0.3, 0.4) is 0 Å². The summed E-state index contributed by atoms with van der Waals surface area (Å²) >= 11 is 0. The summed E-state index contributed by atoms with van der Waals surface area (Å²) < 4.78 is 7.61. The molecule has 1 aliphatic heterocycles. The van der Waals surface area contributed by atoms with Crippen LogP contribution in [0.15, 0.2) is 77.6 Å². The van der Waals surface area contributed by atoms with Gasteiger partial charge in [0.05, 0.1) is 29.2 Å². The lowest BCUT2D eigenvalue weighted by Crippen LogP contribution is -2.50. The zero-order valence-corrected chi connectivity index (χ0v) is 23.7. The lowest BCUT2D eigenvalue weighted by Gasteiger charge is -2.38. The van der Waals surface area contributed by atoms with E-state index in [1.807, 2.05) is 72.5 Å². The highest BCUT2D eigenvalue weighted by molar-refractivity contribution is 5.94. The van der Waals surface area contributed by atoms with Gasteiger partial charge in [-0.05, 0) is 68.7 Å². The molecule has 1 unspecified atom stereocenters. The minimum Gasteiger partial charge on any atom is -0.492 e. The third-order valence-corrected chi connectivity index (χ3v) is 7.75. The molecule has 0 aliphatic carbocycles. The largest absolute Gasteiger partial charge is 0.492 e. The minimum absolute atomic E-state index is 0.0701. The fourth-order valence-electron chi connectivity index (χ4n) is 5.44. The standard InChI is InChI=1S/C33H38N4O3/c1-4-6-11-25-16-18-26(19-17-25)32(38)36-22-20-35(21-23-36)24(3)31-34-28-13-8-7-12-27(28)33(39)37(31)29-14-9-10-15-30(29)40-5-2/h7-10,12-19,24H,4-6,11,20-23H2,1-3H3. The van der Waals surface area contributed by atoms with Crippen molar-refractivity contribution in [3.63, 3.8) is 0 Å². The molecule has 7 heteroatoms. The van der Waals surface area contributed by atoms with Crippen LogP contribution >= 0.6 is 0 Å². The van der Waals surface area contributed by atoms with Crippen LogP contribution in [-0.4, -0.2) is 58.0 Å². The highest BCUT2D eigenvalue weighted by atomic mass is 16.5. The quantitative estimate of drug-likeness (QED) is 0.276. The van der Waals surface area contributed by atoms with E-state index in [0.29, 0.717) is 61.0 Å². The van der Waals surface area contributed by atoms with E-state index in [9.17, 15) is 9.59 Å². The zero-order valence-electron chi connectivity index (χ0n) is 23.7. The van der Waals surface area contributed by atoms with Crippen LogP contribution in [0, 0.1) is 0 Å². The molecule has 1 amide bonds. The molecule has 1 aliphatic rings. The smallest absolute Gasteiger partial charge is 0.266 e. The number of aromatic nitrogens is 2. The van der Waals surface area contributed by atoms with Crippen molar-refractivity contribution >= 4 is 16.8 Å². The second-order valence-corrected chi connectivity index (χ2v) is 10.3. The first-order chi connectivity index (χ1) is 19.5. The van der Waals surface area contributed by atoms with Crippen molar-refractivity contribution in [3.05, 3.63) is 100 Å². The molecule has 7 nitrogen and oxygen atoms in total. The molecule has 1 aromatic heterocycles. The van der Waals surface area contributed by atoms with Crippen LogP contribution in [0.1, 0.15) is 61.4 Å². The highest BCUT2D eigenvalue weighted by Crippen LogP contribution is 2.28. The Hall–Kier alpha value is -3.97. The third-order valence-electron chi connectivity index (χ3n) is 7.75. The number of rotatable bonds is 9. The van der Waals surface area contributed by atoms with Crippen molar-refractivity contribution in [2.45, 2.75) is 46.1 Å². The molecular formula is C33H38N4O3. The maximum atomic E-state index is 13.9. The van der Waals surface area contributed by atoms with Crippen molar-refractivity contribution in [2.75, 3.05) is 32.8 Å². The predicted octanol–water partition coefficient (Wildman–Crippen LogP) is 5.65. The molecule has 0 radical (unpaired) electrons. The first-order valence-electron chi connectivity index (χ1n) is 14.4. The van der Waals surface area contributed by atoms with Gasteiger partial charge in [0.25, 0.3) is 11.5 Å². The Labute approximate surface area is 236 Å². The summed E-state index contributed by atoms with van der Waals surface area (Å²) in [6.45, 7) is 9.32. The molecule has 1 atom stereocenters. The van der Waals surface area contributed by atoms with Gasteiger partial charge in [-0.3, -0.25) is 19.1 Å². The lowest BCUT2D eigenvalue weighted by atomic mass is 10.1. The number of aryl methyl sites for hydroxylation is 1. The Kier molecular flexibility index (Phi) is 8.60. The molecule has 1 fully saturated rings. The van der Waals surface area contributed by atoms with Crippen molar-refractivity contribution < 1.29 is 9.53 Å². The average Bonchev–Trinajstić information content (AvgIpc) is 3.00. The fraction of sp³-hybridized carbons (Fsp3) is 0.364. The van der Waals surface area contributed by atoms with Gasteiger partial charge in [-0.25, -0.2) is 4.98 Å². The molecule has 3 aromatic carbocycles. The number of unbranched alkanes of at least 4 members (excludes halogenated alkanes) is 1. The Bertz CT molecular complexity index is 1520. The molecule has 0 spiro atoms. The van der Waals surface area contributed by atoms with Crippen molar-refractivity contribution in [3.8, 4) is 11.4 Å². The van der Waals surface area contributed by atoms with Gasteiger partial charge in [-0.1, -0.05) is 49.7 Å². The Morgan fingerprint density at radius 2 is 1.62 bits per heavy atom. The number of hydrogen-bond acceptors (Lipinski definition) is 5. The van der Waals surface area contributed by atoms with E-state index in [0.717, 1.165) is 24.8 Å². The molecule has 0 bridgehead atoms. The molecule has 2 heterocycles. The number of carbonyl (C=O) groups excluding carboxylic acids is 1. The van der Waals surface area contributed by atoms with Crippen LogP contribution in [0.5, 0.6) is 5.75 Å². The van der Waals surface area contributed by atoms with Crippen LogP contribution in [0.25, 0.3) is 16.6 Å². The molecule has 5 rings (SSSR count). The van der Waals surface area contributed by atoms with Gasteiger partial charge in [-0.2, -0.15) is 0 Å². The summed E-state index contributed by atoms with van der Waals surface area (Å²) in [6.07, 6.45) is 3.36. The second kappa shape index (κ2) is 12.5. The SMILES string of the molecule is CCCCc1ccc(C(=O)N2CCN(C(C)c3nc4ccccc4c(=O)n3-c3ccccc3OCC)CC2)cc1. The first kappa shape index (κ1) is 27.6. The number of benzene rings is 3. The molecule has 4 aromatic rings. The maximum Gasteiger partial charge on any atom is 0.266 e. The normalized spacial score (nSPS) is 14.8. The second-order valence-electron chi connectivity index (χ2n) is 10.3. The number of hydrogen-bond donors (Lipinski definition) is 0. The number of para-hydroxylation sites is 3. The van der Waals surface area contributed by atoms with Crippen LogP contribution in [0.2, 0.25) is 0 Å². The predicted molar refractivity (Wildman–Crippen MR) is 159 cm³/mol. The molecule has 1 saturated heterocycles. The number of nitrogens with zero attached hydrogens (tertiary/aromatic N) is 4. The van der Waals surface area contributed by atoms with Crippen LogP contribution < -0.4 is 10.3 Å². The van der Waals surface area contributed by atoms with E-state index in [1.165, 1.54) is 5.56 Å². The molecule has 208 valence electrons. The van der Waals surface area contributed by atoms with Gasteiger partial charge < -0.3 is 9.64 Å². The van der Waals surface area contributed by atoms with Gasteiger partial charge in [0.2, 0.25) is 0 Å². The molecule has 0 N–H and O–H groups in total. The topological polar surface area (TPSA) is 67.7 Å². The van der Waals surface area contributed by atoms with E-state index < -0.39 is 0 Å². The first-order valence-corrected chi connectivity index (χ1v) is 14.4. The van der Waals surface area contributed by atoms with Gasteiger partial charge in [0, 0.05) is 31.7 Å².